The summed E-state index contributed by atoms with van der Waals surface area (Å²) >= 11 is 3.43. The lowest BCUT2D eigenvalue weighted by molar-refractivity contribution is -0.121. The fourth-order valence-electron chi connectivity index (χ4n) is 2.05. The molecule has 104 valence electrons. The molecule has 0 saturated heterocycles. The number of benzene rings is 1. The molecule has 0 saturated carbocycles. The van der Waals surface area contributed by atoms with Gasteiger partial charge in [-0.1, -0.05) is 29.8 Å². The van der Waals surface area contributed by atoms with E-state index < -0.39 is 0 Å². The van der Waals surface area contributed by atoms with Gasteiger partial charge in [0.2, 0.25) is 0 Å². The molecule has 1 N–H and O–H groups in total. The van der Waals surface area contributed by atoms with E-state index in [2.05, 4.69) is 35.1 Å². The molecule has 0 aliphatic carbocycles. The number of anilines is 1. The number of amides is 1. The van der Waals surface area contributed by atoms with Crippen LogP contribution >= 0.6 is 15.9 Å². The SMILES string of the molecule is CC(C)NCCCN1C(=O)COc2ccc(Br)cc21. The van der Waals surface area contributed by atoms with Gasteiger partial charge in [-0.3, -0.25) is 4.79 Å². The van der Waals surface area contributed by atoms with Crippen molar-refractivity contribution in [1.29, 1.82) is 0 Å². The number of rotatable bonds is 5. The summed E-state index contributed by atoms with van der Waals surface area (Å²) in [6.45, 7) is 5.99. The number of fused-ring (bicyclic) bond motifs is 1. The van der Waals surface area contributed by atoms with Crippen LogP contribution in [-0.4, -0.2) is 31.6 Å². The molecule has 0 aromatic heterocycles. The number of hydrogen-bond donors (Lipinski definition) is 1. The molecule has 0 atom stereocenters. The van der Waals surface area contributed by atoms with Crippen molar-refractivity contribution in [3.8, 4) is 5.75 Å². The topological polar surface area (TPSA) is 41.6 Å². The molecule has 0 unspecified atom stereocenters. The lowest BCUT2D eigenvalue weighted by Crippen LogP contribution is -2.40. The molecular formula is C14H19BrN2O2. The summed E-state index contributed by atoms with van der Waals surface area (Å²) in [4.78, 5) is 13.8. The molecule has 1 aromatic carbocycles. The number of carbonyl (C=O) groups is 1. The second kappa shape index (κ2) is 6.39. The van der Waals surface area contributed by atoms with E-state index in [-0.39, 0.29) is 12.5 Å². The minimum atomic E-state index is 0.0233. The van der Waals surface area contributed by atoms with E-state index in [4.69, 9.17) is 4.74 Å². The Morgan fingerprint density at radius 2 is 2.26 bits per heavy atom. The van der Waals surface area contributed by atoms with Crippen LogP contribution in [0, 0.1) is 0 Å². The summed E-state index contributed by atoms with van der Waals surface area (Å²) in [5, 5.41) is 3.36. The van der Waals surface area contributed by atoms with E-state index in [9.17, 15) is 4.79 Å². The van der Waals surface area contributed by atoms with Gasteiger partial charge in [0.1, 0.15) is 5.75 Å². The number of ether oxygens (including phenoxy) is 1. The van der Waals surface area contributed by atoms with Crippen molar-refractivity contribution in [3.05, 3.63) is 22.7 Å². The Kier molecular flexibility index (Phi) is 4.82. The molecule has 1 aliphatic heterocycles. The van der Waals surface area contributed by atoms with Crippen molar-refractivity contribution >= 4 is 27.5 Å². The van der Waals surface area contributed by atoms with Gasteiger partial charge in [0.05, 0.1) is 5.69 Å². The predicted octanol–water partition coefficient (Wildman–Crippen LogP) is 2.56. The van der Waals surface area contributed by atoms with Gasteiger partial charge in [-0.15, -0.1) is 0 Å². The van der Waals surface area contributed by atoms with E-state index in [1.165, 1.54) is 0 Å². The molecule has 0 fully saturated rings. The minimum absolute atomic E-state index is 0.0233. The van der Waals surface area contributed by atoms with Gasteiger partial charge in [-0.25, -0.2) is 0 Å². The number of nitrogens with zero attached hydrogens (tertiary/aromatic N) is 1. The molecule has 0 radical (unpaired) electrons. The maximum Gasteiger partial charge on any atom is 0.265 e. The number of carbonyl (C=O) groups excluding carboxylic acids is 1. The summed E-state index contributed by atoms with van der Waals surface area (Å²) in [5.74, 6) is 0.801. The van der Waals surface area contributed by atoms with Crippen molar-refractivity contribution in [2.45, 2.75) is 26.3 Å². The van der Waals surface area contributed by atoms with Crippen LogP contribution in [0.5, 0.6) is 5.75 Å². The van der Waals surface area contributed by atoms with Crippen molar-refractivity contribution in [2.75, 3.05) is 24.6 Å². The van der Waals surface area contributed by atoms with Gasteiger partial charge in [-0.05, 0) is 31.2 Å². The largest absolute Gasteiger partial charge is 0.482 e. The third kappa shape index (κ3) is 3.70. The molecule has 0 spiro atoms. The third-order valence-electron chi connectivity index (χ3n) is 2.98. The van der Waals surface area contributed by atoms with Crippen LogP contribution in [0.3, 0.4) is 0 Å². The first-order valence-electron chi connectivity index (χ1n) is 6.54. The van der Waals surface area contributed by atoms with Gasteiger partial charge >= 0.3 is 0 Å². The van der Waals surface area contributed by atoms with Crippen LogP contribution in [0.1, 0.15) is 20.3 Å². The molecule has 1 aromatic rings. The van der Waals surface area contributed by atoms with Gasteiger partial charge in [0.15, 0.2) is 6.61 Å². The van der Waals surface area contributed by atoms with Crippen molar-refractivity contribution in [3.63, 3.8) is 0 Å². The minimum Gasteiger partial charge on any atom is -0.482 e. The molecule has 1 aliphatic rings. The second-order valence-corrected chi connectivity index (χ2v) is 5.82. The van der Waals surface area contributed by atoms with Crippen molar-refractivity contribution in [2.24, 2.45) is 0 Å². The van der Waals surface area contributed by atoms with Gasteiger partial charge < -0.3 is 15.0 Å². The highest BCUT2D eigenvalue weighted by Gasteiger charge is 2.25. The molecular weight excluding hydrogens is 308 g/mol. The fourth-order valence-corrected chi connectivity index (χ4v) is 2.40. The Balaban J connectivity index is 2.03. The van der Waals surface area contributed by atoms with Crippen LogP contribution in [0.15, 0.2) is 22.7 Å². The van der Waals surface area contributed by atoms with Crippen LogP contribution in [0.25, 0.3) is 0 Å². The molecule has 4 nitrogen and oxygen atoms in total. The van der Waals surface area contributed by atoms with E-state index in [1.54, 1.807) is 0 Å². The molecule has 2 rings (SSSR count). The lowest BCUT2D eigenvalue weighted by atomic mass is 10.2. The first-order chi connectivity index (χ1) is 9.08. The number of nitrogens with one attached hydrogen (secondary N) is 1. The Morgan fingerprint density at radius 3 is 3.00 bits per heavy atom. The first kappa shape index (κ1) is 14.3. The van der Waals surface area contributed by atoms with Crippen LogP contribution in [0.2, 0.25) is 0 Å². The molecule has 5 heteroatoms. The Bertz CT molecular complexity index is 463. The summed E-state index contributed by atoms with van der Waals surface area (Å²) in [7, 11) is 0. The van der Waals surface area contributed by atoms with Gasteiger partial charge in [0, 0.05) is 17.1 Å². The first-order valence-corrected chi connectivity index (χ1v) is 7.33. The Morgan fingerprint density at radius 1 is 1.47 bits per heavy atom. The van der Waals surface area contributed by atoms with E-state index in [0.29, 0.717) is 12.6 Å². The predicted molar refractivity (Wildman–Crippen MR) is 79.7 cm³/mol. The zero-order chi connectivity index (χ0) is 13.8. The fraction of sp³-hybridized carbons (Fsp3) is 0.500. The van der Waals surface area contributed by atoms with Crippen molar-refractivity contribution in [1.82, 2.24) is 5.32 Å². The zero-order valence-corrected chi connectivity index (χ0v) is 12.9. The monoisotopic (exact) mass is 326 g/mol. The smallest absolute Gasteiger partial charge is 0.265 e. The normalized spacial score (nSPS) is 14.5. The van der Waals surface area contributed by atoms with Crippen LogP contribution < -0.4 is 15.0 Å². The average molecular weight is 327 g/mol. The quantitative estimate of drug-likeness (QED) is 0.845. The summed E-state index contributed by atoms with van der Waals surface area (Å²) in [6, 6.07) is 6.22. The highest BCUT2D eigenvalue weighted by molar-refractivity contribution is 9.10. The van der Waals surface area contributed by atoms with Crippen molar-refractivity contribution < 1.29 is 9.53 Å². The van der Waals surface area contributed by atoms with Gasteiger partial charge in [-0.2, -0.15) is 0 Å². The lowest BCUT2D eigenvalue weighted by Gasteiger charge is -2.29. The molecule has 1 amide bonds. The average Bonchev–Trinajstić information content (AvgIpc) is 2.36. The number of hydrogen-bond acceptors (Lipinski definition) is 3. The Labute approximate surface area is 122 Å². The molecule has 19 heavy (non-hydrogen) atoms. The summed E-state index contributed by atoms with van der Waals surface area (Å²) in [6.07, 6.45) is 0.926. The van der Waals surface area contributed by atoms with Crippen LogP contribution in [0.4, 0.5) is 5.69 Å². The Hall–Kier alpha value is -1.07. The summed E-state index contributed by atoms with van der Waals surface area (Å²) < 4.78 is 6.39. The highest BCUT2D eigenvalue weighted by atomic mass is 79.9. The maximum absolute atomic E-state index is 12.0. The third-order valence-corrected chi connectivity index (χ3v) is 3.47. The van der Waals surface area contributed by atoms with Gasteiger partial charge in [0.25, 0.3) is 5.91 Å². The number of halogens is 1. The maximum atomic E-state index is 12.0. The molecule has 1 heterocycles. The van der Waals surface area contributed by atoms with E-state index >= 15 is 0 Å². The molecule has 0 bridgehead atoms. The zero-order valence-electron chi connectivity index (χ0n) is 11.3. The standard InChI is InChI=1S/C14H19BrN2O2/c1-10(2)16-6-3-7-17-12-8-11(15)4-5-13(12)19-9-14(17)18/h4-5,8,10,16H,3,6-7,9H2,1-2H3. The van der Waals surface area contributed by atoms with E-state index in [0.717, 1.165) is 28.9 Å². The highest BCUT2D eigenvalue weighted by Crippen LogP contribution is 2.34. The van der Waals surface area contributed by atoms with Crippen LogP contribution in [-0.2, 0) is 4.79 Å². The van der Waals surface area contributed by atoms with E-state index in [1.807, 2.05) is 23.1 Å². The summed E-state index contributed by atoms with van der Waals surface area (Å²) in [5.41, 5.74) is 0.857. The second-order valence-electron chi connectivity index (χ2n) is 4.91.